The standard InChI is InChI=1S/C11H23BN2O4/c13-9-4-3-8(7-9)11(14,10(15)16)5-1-2-6-12(17)18/h8-9,17-18H,1-7,13-14H2,(H,15,16)/t8?,9-,11+/m0/s1. The topological polar surface area (TPSA) is 130 Å². The summed E-state index contributed by atoms with van der Waals surface area (Å²) in [5.41, 5.74) is 10.6. The van der Waals surface area contributed by atoms with Gasteiger partial charge in [-0.3, -0.25) is 4.79 Å². The second-order valence-corrected chi connectivity index (χ2v) is 5.34. The molecule has 0 amide bonds. The summed E-state index contributed by atoms with van der Waals surface area (Å²) in [6.45, 7) is 0. The lowest BCUT2D eigenvalue weighted by Crippen LogP contribution is -2.53. The molecule has 6 nitrogen and oxygen atoms in total. The Balaban J connectivity index is 2.50. The largest absolute Gasteiger partial charge is 0.480 e. The first kappa shape index (κ1) is 15.4. The Labute approximate surface area is 107 Å². The molecule has 0 saturated heterocycles. The van der Waals surface area contributed by atoms with Crippen molar-refractivity contribution in [2.24, 2.45) is 17.4 Å². The van der Waals surface area contributed by atoms with Gasteiger partial charge in [-0.15, -0.1) is 0 Å². The molecule has 7 heteroatoms. The maximum absolute atomic E-state index is 11.4. The number of carboxylic acid groups (broad SMARTS) is 1. The Morgan fingerprint density at radius 3 is 2.44 bits per heavy atom. The third-order valence-corrected chi connectivity index (χ3v) is 3.90. The van der Waals surface area contributed by atoms with Crippen molar-refractivity contribution in [3.8, 4) is 0 Å². The van der Waals surface area contributed by atoms with Gasteiger partial charge in [0.15, 0.2) is 0 Å². The van der Waals surface area contributed by atoms with Crippen molar-refractivity contribution in [1.29, 1.82) is 0 Å². The summed E-state index contributed by atoms with van der Waals surface area (Å²) in [5.74, 6) is -1.06. The number of carboxylic acids is 1. The molecule has 7 N–H and O–H groups in total. The molecule has 1 aliphatic rings. The summed E-state index contributed by atoms with van der Waals surface area (Å²) >= 11 is 0. The molecule has 0 aromatic rings. The molecular formula is C11H23BN2O4. The molecule has 0 radical (unpaired) electrons. The molecule has 0 aliphatic heterocycles. The van der Waals surface area contributed by atoms with E-state index in [9.17, 15) is 9.90 Å². The Morgan fingerprint density at radius 1 is 1.33 bits per heavy atom. The van der Waals surface area contributed by atoms with Gasteiger partial charge in [-0.25, -0.2) is 0 Å². The van der Waals surface area contributed by atoms with Crippen molar-refractivity contribution in [3.05, 3.63) is 0 Å². The number of hydrogen-bond acceptors (Lipinski definition) is 5. The highest BCUT2D eigenvalue weighted by molar-refractivity contribution is 6.40. The lowest BCUT2D eigenvalue weighted by Gasteiger charge is -2.31. The molecule has 0 heterocycles. The van der Waals surface area contributed by atoms with Crippen LogP contribution in [-0.2, 0) is 4.79 Å². The predicted molar refractivity (Wildman–Crippen MR) is 68.7 cm³/mol. The molecule has 0 aromatic heterocycles. The summed E-state index contributed by atoms with van der Waals surface area (Å²) in [6.07, 6.45) is 3.98. The zero-order valence-corrected chi connectivity index (χ0v) is 10.6. The van der Waals surface area contributed by atoms with Crippen molar-refractivity contribution >= 4 is 13.1 Å². The highest BCUT2D eigenvalue weighted by Gasteiger charge is 2.44. The van der Waals surface area contributed by atoms with Crippen LogP contribution in [0.2, 0.25) is 6.32 Å². The number of nitrogens with two attached hydrogens (primary N) is 2. The number of carbonyl (C=O) groups is 1. The molecule has 0 bridgehead atoms. The average Bonchev–Trinajstić information content (AvgIpc) is 2.71. The SMILES string of the molecule is N[C@H]1CCC([C@](N)(CCCCB(O)O)C(=O)O)C1. The lowest BCUT2D eigenvalue weighted by atomic mass is 9.77. The van der Waals surface area contributed by atoms with Crippen LogP contribution in [0.5, 0.6) is 0 Å². The molecule has 1 fully saturated rings. The Hall–Kier alpha value is -0.625. The molecule has 0 aromatic carbocycles. The van der Waals surface area contributed by atoms with E-state index in [4.69, 9.17) is 21.5 Å². The van der Waals surface area contributed by atoms with Gasteiger partial charge >= 0.3 is 13.1 Å². The summed E-state index contributed by atoms with van der Waals surface area (Å²) in [7, 11) is -1.33. The van der Waals surface area contributed by atoms with Crippen LogP contribution < -0.4 is 11.5 Å². The van der Waals surface area contributed by atoms with Crippen molar-refractivity contribution in [2.75, 3.05) is 0 Å². The Kier molecular flexibility index (Phi) is 5.59. The van der Waals surface area contributed by atoms with Crippen molar-refractivity contribution in [1.82, 2.24) is 0 Å². The predicted octanol–water partition coefficient (Wildman–Crippen LogP) is -0.461. The van der Waals surface area contributed by atoms with Gasteiger partial charge in [-0.2, -0.15) is 0 Å². The van der Waals surface area contributed by atoms with E-state index in [0.717, 1.165) is 12.8 Å². The van der Waals surface area contributed by atoms with Crippen LogP contribution in [0.25, 0.3) is 0 Å². The van der Waals surface area contributed by atoms with E-state index >= 15 is 0 Å². The Bertz CT molecular complexity index is 290. The van der Waals surface area contributed by atoms with E-state index in [0.29, 0.717) is 25.7 Å². The molecule has 104 valence electrons. The van der Waals surface area contributed by atoms with Gasteiger partial charge in [0, 0.05) is 6.04 Å². The summed E-state index contributed by atoms with van der Waals surface area (Å²) in [5, 5.41) is 26.8. The fourth-order valence-corrected chi connectivity index (χ4v) is 2.71. The first-order chi connectivity index (χ1) is 8.36. The minimum Gasteiger partial charge on any atom is -0.480 e. The first-order valence-corrected chi connectivity index (χ1v) is 6.50. The van der Waals surface area contributed by atoms with Crippen LogP contribution in [0.15, 0.2) is 0 Å². The molecule has 1 aliphatic carbocycles. The summed E-state index contributed by atoms with van der Waals surface area (Å²) < 4.78 is 0. The lowest BCUT2D eigenvalue weighted by molar-refractivity contribution is -0.146. The van der Waals surface area contributed by atoms with E-state index in [1.54, 1.807) is 0 Å². The van der Waals surface area contributed by atoms with Gasteiger partial charge in [0.1, 0.15) is 5.54 Å². The van der Waals surface area contributed by atoms with Crippen LogP contribution in [0.4, 0.5) is 0 Å². The third-order valence-electron chi connectivity index (χ3n) is 3.90. The van der Waals surface area contributed by atoms with Crippen LogP contribution in [0.1, 0.15) is 38.5 Å². The quantitative estimate of drug-likeness (QED) is 0.310. The maximum Gasteiger partial charge on any atom is 0.451 e. The minimum atomic E-state index is -1.33. The van der Waals surface area contributed by atoms with Crippen molar-refractivity contribution in [2.45, 2.75) is 56.4 Å². The third kappa shape index (κ3) is 3.95. The van der Waals surface area contributed by atoms with Gasteiger partial charge in [-0.05, 0) is 37.9 Å². The molecule has 0 spiro atoms. The molecule has 1 unspecified atom stereocenters. The van der Waals surface area contributed by atoms with Gasteiger partial charge in [0.05, 0.1) is 0 Å². The Morgan fingerprint density at radius 2 is 2.00 bits per heavy atom. The molecule has 1 rings (SSSR count). The van der Waals surface area contributed by atoms with Gasteiger partial charge in [0.25, 0.3) is 0 Å². The summed E-state index contributed by atoms with van der Waals surface area (Å²) in [6, 6.07) is 0.0524. The first-order valence-electron chi connectivity index (χ1n) is 6.50. The number of hydrogen-bond donors (Lipinski definition) is 5. The zero-order valence-electron chi connectivity index (χ0n) is 10.6. The normalized spacial score (nSPS) is 26.9. The van der Waals surface area contributed by atoms with E-state index in [1.165, 1.54) is 0 Å². The molecule has 1 saturated carbocycles. The average molecular weight is 258 g/mol. The van der Waals surface area contributed by atoms with Gasteiger partial charge in [-0.1, -0.05) is 12.8 Å². The zero-order chi connectivity index (χ0) is 13.8. The molecule has 3 atom stereocenters. The summed E-state index contributed by atoms with van der Waals surface area (Å²) in [4.78, 5) is 11.4. The fraction of sp³-hybridized carbons (Fsp3) is 0.909. The second-order valence-electron chi connectivity index (χ2n) is 5.34. The number of aliphatic carboxylic acids is 1. The smallest absolute Gasteiger partial charge is 0.451 e. The van der Waals surface area contributed by atoms with Crippen LogP contribution >= 0.6 is 0 Å². The fourth-order valence-electron chi connectivity index (χ4n) is 2.71. The van der Waals surface area contributed by atoms with Crippen LogP contribution in [0, 0.1) is 5.92 Å². The van der Waals surface area contributed by atoms with E-state index < -0.39 is 18.6 Å². The highest BCUT2D eigenvalue weighted by atomic mass is 16.4. The number of rotatable bonds is 7. The van der Waals surface area contributed by atoms with E-state index in [-0.39, 0.29) is 18.3 Å². The van der Waals surface area contributed by atoms with Crippen molar-refractivity contribution in [3.63, 3.8) is 0 Å². The second kappa shape index (κ2) is 6.52. The minimum absolute atomic E-state index is 0.0524. The van der Waals surface area contributed by atoms with Crippen LogP contribution in [0.3, 0.4) is 0 Å². The van der Waals surface area contributed by atoms with E-state index in [1.807, 2.05) is 0 Å². The van der Waals surface area contributed by atoms with Gasteiger partial charge in [0.2, 0.25) is 0 Å². The van der Waals surface area contributed by atoms with Crippen LogP contribution in [-0.4, -0.2) is 39.8 Å². The molecular weight excluding hydrogens is 235 g/mol. The highest BCUT2D eigenvalue weighted by Crippen LogP contribution is 2.35. The van der Waals surface area contributed by atoms with E-state index in [2.05, 4.69) is 0 Å². The molecule has 18 heavy (non-hydrogen) atoms. The van der Waals surface area contributed by atoms with Gasteiger partial charge < -0.3 is 26.6 Å². The monoisotopic (exact) mass is 258 g/mol. The number of unbranched alkanes of at least 4 members (excludes halogenated alkanes) is 1. The maximum atomic E-state index is 11.4. The van der Waals surface area contributed by atoms with Crippen molar-refractivity contribution < 1.29 is 19.9 Å².